The van der Waals surface area contributed by atoms with Crippen LogP contribution in [0.5, 0.6) is 11.5 Å². The summed E-state index contributed by atoms with van der Waals surface area (Å²) in [5.41, 5.74) is 4.17. The Bertz CT molecular complexity index is 794. The van der Waals surface area contributed by atoms with Crippen molar-refractivity contribution in [2.45, 2.75) is 26.4 Å². The van der Waals surface area contributed by atoms with Gasteiger partial charge in [-0.1, -0.05) is 18.5 Å². The van der Waals surface area contributed by atoms with Crippen LogP contribution >= 0.6 is 11.6 Å². The summed E-state index contributed by atoms with van der Waals surface area (Å²) in [5.74, 6) is 1.03. The highest BCUT2D eigenvalue weighted by Crippen LogP contribution is 2.37. The second-order valence-corrected chi connectivity index (χ2v) is 5.95. The van der Waals surface area contributed by atoms with E-state index in [1.807, 2.05) is 13.8 Å². The summed E-state index contributed by atoms with van der Waals surface area (Å²) in [6.07, 6.45) is 2.44. The lowest BCUT2D eigenvalue weighted by molar-refractivity contribution is -0.384. The summed E-state index contributed by atoms with van der Waals surface area (Å²) in [6.45, 7) is 3.98. The maximum atomic E-state index is 10.6. The van der Waals surface area contributed by atoms with Gasteiger partial charge in [0.05, 0.1) is 35.1 Å². The zero-order valence-corrected chi connectivity index (χ0v) is 15.5. The van der Waals surface area contributed by atoms with Crippen molar-refractivity contribution in [3.8, 4) is 11.5 Å². The molecule has 0 amide bonds. The van der Waals surface area contributed by atoms with Crippen molar-refractivity contribution >= 4 is 29.2 Å². The molecule has 7 nitrogen and oxygen atoms in total. The number of methoxy groups -OCH3 is 1. The molecule has 0 aromatic heterocycles. The molecule has 0 aliphatic rings. The maximum Gasteiger partial charge on any atom is 0.269 e. The van der Waals surface area contributed by atoms with Gasteiger partial charge in [0.25, 0.3) is 5.69 Å². The van der Waals surface area contributed by atoms with Gasteiger partial charge in [-0.3, -0.25) is 15.5 Å². The number of anilines is 1. The van der Waals surface area contributed by atoms with E-state index < -0.39 is 4.92 Å². The zero-order valence-electron chi connectivity index (χ0n) is 14.7. The molecule has 138 valence electrons. The molecule has 0 aliphatic carbocycles. The Kier molecular flexibility index (Phi) is 6.80. The highest BCUT2D eigenvalue weighted by atomic mass is 35.5. The minimum Gasteiger partial charge on any atom is -0.493 e. The van der Waals surface area contributed by atoms with Crippen LogP contribution in [0, 0.1) is 10.1 Å². The predicted molar refractivity (Wildman–Crippen MR) is 103 cm³/mol. The van der Waals surface area contributed by atoms with Gasteiger partial charge in [0.2, 0.25) is 0 Å². The number of hydrogen-bond acceptors (Lipinski definition) is 6. The smallest absolute Gasteiger partial charge is 0.269 e. The minimum atomic E-state index is -0.454. The molecule has 2 rings (SSSR count). The fraction of sp³-hybridized carbons (Fsp3) is 0.278. The van der Waals surface area contributed by atoms with Crippen LogP contribution < -0.4 is 14.9 Å². The average molecular weight is 378 g/mol. The zero-order chi connectivity index (χ0) is 19.1. The first-order valence-corrected chi connectivity index (χ1v) is 8.40. The van der Waals surface area contributed by atoms with Crippen molar-refractivity contribution in [1.29, 1.82) is 0 Å². The minimum absolute atomic E-state index is 0.0183. The van der Waals surface area contributed by atoms with Gasteiger partial charge in [-0.15, -0.1) is 0 Å². The van der Waals surface area contributed by atoms with Crippen LogP contribution in [0.1, 0.15) is 25.8 Å². The molecule has 2 aromatic rings. The van der Waals surface area contributed by atoms with Crippen LogP contribution in [0.25, 0.3) is 0 Å². The van der Waals surface area contributed by atoms with Crippen LogP contribution in [0.2, 0.25) is 5.02 Å². The fourth-order valence-corrected chi connectivity index (χ4v) is 2.32. The van der Waals surface area contributed by atoms with E-state index in [1.165, 1.54) is 12.1 Å². The summed E-state index contributed by atoms with van der Waals surface area (Å²) in [5, 5.41) is 15.2. The van der Waals surface area contributed by atoms with E-state index in [1.54, 1.807) is 37.6 Å². The van der Waals surface area contributed by atoms with Gasteiger partial charge in [-0.25, -0.2) is 0 Å². The first kappa shape index (κ1) is 19.5. The average Bonchev–Trinajstić information content (AvgIpc) is 2.63. The first-order valence-electron chi connectivity index (χ1n) is 8.02. The molecule has 1 unspecified atom stereocenters. The van der Waals surface area contributed by atoms with Gasteiger partial charge in [0, 0.05) is 12.1 Å². The third kappa shape index (κ3) is 5.10. The normalized spacial score (nSPS) is 12.0. The Morgan fingerprint density at radius 3 is 2.62 bits per heavy atom. The van der Waals surface area contributed by atoms with E-state index in [0.717, 1.165) is 12.0 Å². The Morgan fingerprint density at radius 1 is 1.35 bits per heavy atom. The monoisotopic (exact) mass is 377 g/mol. The van der Waals surface area contributed by atoms with Crippen LogP contribution in [0.15, 0.2) is 41.5 Å². The van der Waals surface area contributed by atoms with Crippen molar-refractivity contribution in [1.82, 2.24) is 0 Å². The van der Waals surface area contributed by atoms with Crippen LogP contribution in [0.4, 0.5) is 11.4 Å². The van der Waals surface area contributed by atoms with E-state index in [-0.39, 0.29) is 11.8 Å². The lowest BCUT2D eigenvalue weighted by atomic mass is 10.2. The van der Waals surface area contributed by atoms with E-state index in [9.17, 15) is 10.1 Å². The largest absolute Gasteiger partial charge is 0.493 e. The molecule has 1 atom stereocenters. The summed E-state index contributed by atoms with van der Waals surface area (Å²) >= 11 is 6.31. The van der Waals surface area contributed by atoms with Gasteiger partial charge in [0.1, 0.15) is 0 Å². The Morgan fingerprint density at radius 2 is 2.04 bits per heavy atom. The van der Waals surface area contributed by atoms with Gasteiger partial charge < -0.3 is 9.47 Å². The number of non-ortho nitro benzene ring substituents is 1. The Labute approximate surface area is 156 Å². The first-order chi connectivity index (χ1) is 12.4. The molecule has 1 N–H and O–H groups in total. The molecule has 26 heavy (non-hydrogen) atoms. The molecule has 0 bridgehead atoms. The number of hydrogen-bond donors (Lipinski definition) is 1. The van der Waals surface area contributed by atoms with Crippen molar-refractivity contribution in [2.24, 2.45) is 5.10 Å². The maximum absolute atomic E-state index is 10.6. The van der Waals surface area contributed by atoms with E-state index in [0.29, 0.717) is 22.2 Å². The van der Waals surface area contributed by atoms with Gasteiger partial charge in [-0.05, 0) is 43.2 Å². The molecule has 0 radical (unpaired) electrons. The topological polar surface area (TPSA) is 86.0 Å². The van der Waals surface area contributed by atoms with Crippen molar-refractivity contribution in [3.63, 3.8) is 0 Å². The quantitative estimate of drug-likeness (QED) is 0.402. The molecule has 0 saturated carbocycles. The predicted octanol–water partition coefficient (Wildman–Crippen LogP) is 4.88. The SMILES string of the molecule is CCC(C)Oc1c(Cl)cc(/C=N\Nc2ccc([N+](=O)[O-])cc2)cc1OC. The summed E-state index contributed by atoms with van der Waals surface area (Å²) in [6, 6.07) is 9.45. The number of halogens is 1. The number of ether oxygens (including phenoxy) is 2. The van der Waals surface area contributed by atoms with Crippen molar-refractivity contribution in [2.75, 3.05) is 12.5 Å². The molecule has 0 aliphatic heterocycles. The number of rotatable bonds is 8. The van der Waals surface area contributed by atoms with E-state index >= 15 is 0 Å². The number of hydrazone groups is 1. The molecule has 8 heteroatoms. The lowest BCUT2D eigenvalue weighted by Crippen LogP contribution is -2.11. The fourth-order valence-electron chi connectivity index (χ4n) is 2.05. The van der Waals surface area contributed by atoms with Crippen molar-refractivity contribution < 1.29 is 14.4 Å². The Balaban J connectivity index is 2.12. The molecule has 2 aromatic carbocycles. The second kappa shape index (κ2) is 9.05. The van der Waals surface area contributed by atoms with Crippen molar-refractivity contribution in [3.05, 3.63) is 57.1 Å². The van der Waals surface area contributed by atoms with Crippen LogP contribution in [-0.2, 0) is 0 Å². The number of nitro groups is 1. The molecule has 0 heterocycles. The van der Waals surface area contributed by atoms with E-state index in [4.69, 9.17) is 21.1 Å². The standard InChI is InChI=1S/C18H20ClN3O4/c1-4-12(2)26-18-16(19)9-13(10-17(18)25-3)11-20-21-14-5-7-15(8-6-14)22(23)24/h5-12,21H,4H2,1-3H3/b20-11-. The third-order valence-corrected chi connectivity index (χ3v) is 3.91. The molecular formula is C18H20ClN3O4. The number of benzene rings is 2. The molecule has 0 fully saturated rings. The summed E-state index contributed by atoms with van der Waals surface area (Å²) < 4.78 is 11.2. The third-order valence-electron chi connectivity index (χ3n) is 3.63. The highest BCUT2D eigenvalue weighted by molar-refractivity contribution is 6.32. The number of nitrogens with zero attached hydrogens (tertiary/aromatic N) is 2. The highest BCUT2D eigenvalue weighted by Gasteiger charge is 2.14. The molecular weight excluding hydrogens is 358 g/mol. The number of nitro benzene ring substituents is 1. The Hall–Kier alpha value is -2.80. The van der Waals surface area contributed by atoms with E-state index in [2.05, 4.69) is 10.5 Å². The van der Waals surface area contributed by atoms with Crippen LogP contribution in [0.3, 0.4) is 0 Å². The van der Waals surface area contributed by atoms with Crippen LogP contribution in [-0.4, -0.2) is 24.4 Å². The number of nitrogens with one attached hydrogen (secondary N) is 1. The van der Waals surface area contributed by atoms with Gasteiger partial charge in [-0.2, -0.15) is 5.10 Å². The lowest BCUT2D eigenvalue weighted by Gasteiger charge is -2.17. The van der Waals surface area contributed by atoms with Gasteiger partial charge >= 0.3 is 0 Å². The molecule has 0 spiro atoms. The second-order valence-electron chi connectivity index (χ2n) is 5.54. The summed E-state index contributed by atoms with van der Waals surface area (Å²) in [4.78, 5) is 10.2. The molecule has 0 saturated heterocycles. The summed E-state index contributed by atoms with van der Waals surface area (Å²) in [7, 11) is 1.55. The van der Waals surface area contributed by atoms with Gasteiger partial charge in [0.15, 0.2) is 11.5 Å².